The van der Waals surface area contributed by atoms with Crippen molar-refractivity contribution in [3.63, 3.8) is 0 Å². The van der Waals surface area contributed by atoms with Gasteiger partial charge in [0, 0.05) is 18.3 Å². The molecule has 0 unspecified atom stereocenters. The Morgan fingerprint density at radius 3 is 2.58 bits per heavy atom. The van der Waals surface area contributed by atoms with Crippen LogP contribution in [-0.4, -0.2) is 44.4 Å². The van der Waals surface area contributed by atoms with Gasteiger partial charge in [0.15, 0.2) is 6.61 Å². The average molecular weight is 441 g/mol. The number of pyridine rings is 2. The molecule has 0 atom stereocenters. The predicted octanol–water partition coefficient (Wildman–Crippen LogP) is 3.80. The number of carbonyl (C=O) groups excluding carboxylic acids is 1. The van der Waals surface area contributed by atoms with Crippen molar-refractivity contribution < 1.29 is 31.5 Å². The first-order valence-electron chi connectivity index (χ1n) is 9.28. The second kappa shape index (κ2) is 7.75. The lowest BCUT2D eigenvalue weighted by atomic mass is 10.3. The molecular formula is C19H16F5N5O2. The van der Waals surface area contributed by atoms with E-state index >= 15 is 0 Å². The zero-order valence-corrected chi connectivity index (χ0v) is 15.9. The standard InChI is InChI=1S/C19H16F5N5O2/c20-18(21,19(22,23)24)10-31-13-4-3-12(26-7-13)8-29-9-14-15(28-29)5-6-25-16(14)27-17(30)11-1-2-11/h3-7,9,11H,1-2,8,10H2,(H,25,27,30). The molecule has 164 valence electrons. The molecule has 1 saturated carbocycles. The van der Waals surface area contributed by atoms with Crippen LogP contribution in [0, 0.1) is 5.92 Å². The Morgan fingerprint density at radius 2 is 1.94 bits per heavy atom. The first-order chi connectivity index (χ1) is 14.6. The van der Waals surface area contributed by atoms with Crippen LogP contribution in [0.5, 0.6) is 5.75 Å². The van der Waals surface area contributed by atoms with E-state index in [1.54, 1.807) is 16.9 Å². The third-order valence-electron chi connectivity index (χ3n) is 4.63. The molecule has 4 rings (SSSR count). The number of nitrogens with zero attached hydrogens (tertiary/aromatic N) is 4. The average Bonchev–Trinajstić information content (AvgIpc) is 3.47. The SMILES string of the molecule is O=C(Nc1nccc2nn(Cc3ccc(OCC(F)(F)C(F)(F)F)cn3)cc12)C1CC1. The number of fused-ring (bicyclic) bond motifs is 1. The minimum Gasteiger partial charge on any atom is -0.485 e. The van der Waals surface area contributed by atoms with Gasteiger partial charge in [-0.1, -0.05) is 0 Å². The van der Waals surface area contributed by atoms with E-state index < -0.39 is 18.7 Å². The molecule has 1 N–H and O–H groups in total. The Balaban J connectivity index is 1.42. The lowest BCUT2D eigenvalue weighted by Gasteiger charge is -2.19. The highest BCUT2D eigenvalue weighted by Gasteiger charge is 2.58. The van der Waals surface area contributed by atoms with Crippen LogP contribution in [-0.2, 0) is 11.3 Å². The van der Waals surface area contributed by atoms with E-state index in [2.05, 4.69) is 25.1 Å². The van der Waals surface area contributed by atoms with Crippen molar-refractivity contribution in [3.8, 4) is 5.75 Å². The minimum atomic E-state index is -5.69. The molecule has 0 aliphatic heterocycles. The van der Waals surface area contributed by atoms with Gasteiger partial charge in [-0.15, -0.1) is 0 Å². The lowest BCUT2D eigenvalue weighted by Crippen LogP contribution is -2.41. The highest BCUT2D eigenvalue weighted by atomic mass is 19.4. The molecule has 0 bridgehead atoms. The minimum absolute atomic E-state index is 0.0214. The van der Waals surface area contributed by atoms with Gasteiger partial charge in [0.2, 0.25) is 5.91 Å². The van der Waals surface area contributed by atoms with Gasteiger partial charge in [-0.3, -0.25) is 14.5 Å². The van der Waals surface area contributed by atoms with Crippen LogP contribution in [0.4, 0.5) is 27.8 Å². The van der Waals surface area contributed by atoms with Gasteiger partial charge in [0.1, 0.15) is 11.6 Å². The first-order valence-corrected chi connectivity index (χ1v) is 9.28. The molecule has 7 nitrogen and oxygen atoms in total. The van der Waals surface area contributed by atoms with E-state index in [9.17, 15) is 26.7 Å². The molecule has 3 heterocycles. The van der Waals surface area contributed by atoms with Crippen LogP contribution in [0.3, 0.4) is 0 Å². The molecule has 0 radical (unpaired) electrons. The maximum Gasteiger partial charge on any atom is 0.456 e. The maximum atomic E-state index is 12.9. The Kier molecular flexibility index (Phi) is 5.23. The van der Waals surface area contributed by atoms with Gasteiger partial charge in [-0.2, -0.15) is 27.1 Å². The summed E-state index contributed by atoms with van der Waals surface area (Å²) >= 11 is 0. The number of anilines is 1. The Bertz CT molecular complexity index is 1090. The summed E-state index contributed by atoms with van der Waals surface area (Å²) < 4.78 is 68.5. The summed E-state index contributed by atoms with van der Waals surface area (Å²) in [5.41, 5.74) is 1.08. The van der Waals surface area contributed by atoms with E-state index in [0.29, 0.717) is 22.4 Å². The Hall–Kier alpha value is -3.31. The summed E-state index contributed by atoms with van der Waals surface area (Å²) in [5, 5.41) is 7.82. The van der Waals surface area contributed by atoms with Crippen molar-refractivity contribution in [2.24, 2.45) is 5.92 Å². The van der Waals surface area contributed by atoms with Crippen molar-refractivity contribution in [3.05, 3.63) is 42.5 Å². The number of halogens is 5. The zero-order chi connectivity index (χ0) is 22.2. The third kappa shape index (κ3) is 4.72. The zero-order valence-electron chi connectivity index (χ0n) is 15.9. The Morgan fingerprint density at radius 1 is 1.16 bits per heavy atom. The van der Waals surface area contributed by atoms with E-state index in [0.717, 1.165) is 19.0 Å². The molecule has 31 heavy (non-hydrogen) atoms. The van der Waals surface area contributed by atoms with E-state index in [1.165, 1.54) is 18.3 Å². The van der Waals surface area contributed by atoms with Gasteiger partial charge in [0.25, 0.3) is 0 Å². The summed E-state index contributed by atoms with van der Waals surface area (Å²) in [5.74, 6) is -4.83. The molecule has 1 aliphatic rings. The number of rotatable bonds is 7. The first kappa shape index (κ1) is 20.9. The van der Waals surface area contributed by atoms with Crippen molar-refractivity contribution in [2.75, 3.05) is 11.9 Å². The number of carbonyl (C=O) groups is 1. The fraction of sp³-hybridized carbons (Fsp3) is 0.368. The summed E-state index contributed by atoms with van der Waals surface area (Å²) in [6.07, 6.45) is 0.312. The summed E-state index contributed by atoms with van der Waals surface area (Å²) in [6, 6.07) is 4.37. The number of aromatic nitrogens is 4. The number of hydrogen-bond donors (Lipinski definition) is 1. The van der Waals surface area contributed by atoms with Gasteiger partial charge in [0.05, 0.1) is 29.3 Å². The molecule has 0 spiro atoms. The van der Waals surface area contributed by atoms with Crippen molar-refractivity contribution >= 4 is 22.6 Å². The summed E-state index contributed by atoms with van der Waals surface area (Å²) in [7, 11) is 0. The topological polar surface area (TPSA) is 81.9 Å². The van der Waals surface area contributed by atoms with Crippen LogP contribution in [0.2, 0.25) is 0 Å². The second-order valence-corrected chi connectivity index (χ2v) is 7.16. The highest BCUT2D eigenvalue weighted by molar-refractivity contribution is 6.00. The highest BCUT2D eigenvalue weighted by Crippen LogP contribution is 2.35. The van der Waals surface area contributed by atoms with E-state index in [4.69, 9.17) is 0 Å². The number of hydrogen-bond acceptors (Lipinski definition) is 5. The van der Waals surface area contributed by atoms with Crippen LogP contribution in [0.25, 0.3) is 10.9 Å². The van der Waals surface area contributed by atoms with E-state index in [1.807, 2.05) is 0 Å². The van der Waals surface area contributed by atoms with Crippen molar-refractivity contribution in [2.45, 2.75) is 31.5 Å². The molecule has 1 aliphatic carbocycles. The quantitative estimate of drug-likeness (QED) is 0.564. The Labute approximate surface area is 172 Å². The molecule has 3 aromatic heterocycles. The van der Waals surface area contributed by atoms with Gasteiger partial charge in [-0.05, 0) is 31.0 Å². The molecule has 1 amide bonds. The third-order valence-corrected chi connectivity index (χ3v) is 4.63. The van der Waals surface area contributed by atoms with Crippen LogP contribution >= 0.6 is 0 Å². The molecule has 0 aromatic carbocycles. The van der Waals surface area contributed by atoms with Gasteiger partial charge < -0.3 is 10.1 Å². The summed E-state index contributed by atoms with van der Waals surface area (Å²) in [4.78, 5) is 20.2. The maximum absolute atomic E-state index is 12.9. The smallest absolute Gasteiger partial charge is 0.456 e. The van der Waals surface area contributed by atoms with Crippen LogP contribution in [0.1, 0.15) is 18.5 Å². The molecule has 12 heteroatoms. The predicted molar refractivity (Wildman–Crippen MR) is 98.7 cm³/mol. The lowest BCUT2D eigenvalue weighted by molar-refractivity contribution is -0.290. The molecule has 0 saturated heterocycles. The number of amides is 1. The molecule has 1 fully saturated rings. The van der Waals surface area contributed by atoms with Crippen molar-refractivity contribution in [1.82, 2.24) is 19.7 Å². The number of ether oxygens (including phenoxy) is 1. The molecular weight excluding hydrogens is 425 g/mol. The monoisotopic (exact) mass is 441 g/mol. The normalized spacial score (nSPS) is 14.6. The molecule has 3 aromatic rings. The van der Waals surface area contributed by atoms with Crippen LogP contribution in [0.15, 0.2) is 36.8 Å². The van der Waals surface area contributed by atoms with Crippen molar-refractivity contribution in [1.29, 1.82) is 0 Å². The van der Waals surface area contributed by atoms with Gasteiger partial charge in [-0.25, -0.2) is 4.98 Å². The van der Waals surface area contributed by atoms with E-state index in [-0.39, 0.29) is 24.1 Å². The largest absolute Gasteiger partial charge is 0.485 e. The fourth-order valence-electron chi connectivity index (χ4n) is 2.75. The second-order valence-electron chi connectivity index (χ2n) is 7.16. The van der Waals surface area contributed by atoms with Gasteiger partial charge >= 0.3 is 12.1 Å². The number of alkyl halides is 5. The number of nitrogens with one attached hydrogen (secondary N) is 1. The summed E-state index contributed by atoms with van der Waals surface area (Å²) in [6.45, 7) is -1.63. The fourth-order valence-corrected chi connectivity index (χ4v) is 2.75. The van der Waals surface area contributed by atoms with Crippen LogP contribution < -0.4 is 10.1 Å².